The predicted octanol–water partition coefficient (Wildman–Crippen LogP) is -2.88. The molecule has 7 N–H and O–H groups in total. The molecule has 11 nitrogen and oxygen atoms in total. The van der Waals surface area contributed by atoms with Gasteiger partial charge in [-0.15, -0.1) is 0 Å². The summed E-state index contributed by atoms with van der Waals surface area (Å²) in [6, 6.07) is 1.30. The van der Waals surface area contributed by atoms with Crippen LogP contribution in [0.5, 0.6) is 0 Å². The molecule has 118 valence electrons. The second-order valence-electron chi connectivity index (χ2n) is 4.40. The number of nitrogens with two attached hydrogens (primary N) is 1. The van der Waals surface area contributed by atoms with Crippen molar-refractivity contribution in [2.75, 3.05) is 12.3 Å². The monoisotopic (exact) mass is 324 g/mol. The Morgan fingerprint density at radius 3 is 2.62 bits per heavy atom. The fourth-order valence-electron chi connectivity index (χ4n) is 1.89. The van der Waals surface area contributed by atoms with Crippen LogP contribution in [0, 0.1) is 0 Å². The number of hydrogen-bond donors (Lipinski definition) is 6. The van der Waals surface area contributed by atoms with Crippen LogP contribution >= 0.6 is 8.17 Å². The molecule has 0 aromatic carbocycles. The molecule has 1 aliphatic rings. The summed E-state index contributed by atoms with van der Waals surface area (Å²) >= 11 is 0. The summed E-state index contributed by atoms with van der Waals surface area (Å²) in [5.74, 6) is -0.0143. The van der Waals surface area contributed by atoms with E-state index in [1.807, 2.05) is 0 Å². The molecule has 2 heterocycles. The molecule has 1 unspecified atom stereocenters. The zero-order valence-electron chi connectivity index (χ0n) is 10.6. The molecule has 21 heavy (non-hydrogen) atoms. The van der Waals surface area contributed by atoms with Crippen molar-refractivity contribution in [3.8, 4) is 0 Å². The maximum Gasteiger partial charge on any atom is 0.567 e. The largest absolute Gasteiger partial charge is 0.567 e. The molecule has 12 heteroatoms. The van der Waals surface area contributed by atoms with E-state index < -0.39 is 45.0 Å². The van der Waals surface area contributed by atoms with E-state index in [4.69, 9.17) is 25.2 Å². The molecule has 1 fully saturated rings. The minimum absolute atomic E-state index is 0.0143. The summed E-state index contributed by atoms with van der Waals surface area (Å²) in [7, 11) is -4.49. The lowest BCUT2D eigenvalue weighted by Gasteiger charge is -2.16. The fraction of sp³-hybridized carbons (Fsp3) is 0.556. The quantitative estimate of drug-likeness (QED) is 0.315. The minimum Gasteiger partial charge on any atom is -0.387 e. The van der Waals surface area contributed by atoms with E-state index in [1.54, 1.807) is 0 Å². The third-order valence-electron chi connectivity index (χ3n) is 2.87. The van der Waals surface area contributed by atoms with Gasteiger partial charge >= 0.3 is 13.9 Å². The first-order chi connectivity index (χ1) is 9.69. The summed E-state index contributed by atoms with van der Waals surface area (Å²) in [6.45, 7) is -0.594. The van der Waals surface area contributed by atoms with Crippen molar-refractivity contribution in [1.29, 1.82) is 0 Å². The Morgan fingerprint density at radius 1 is 1.38 bits per heavy atom. The molecule has 4 atom stereocenters. The summed E-state index contributed by atoms with van der Waals surface area (Å²) < 4.78 is 10.5. The number of hydrogen-bond acceptors (Lipinski definition) is 10. The average Bonchev–Trinajstić information content (AvgIpc) is 2.64. The summed E-state index contributed by atoms with van der Waals surface area (Å²) in [5.41, 5.74) is 4.54. The van der Waals surface area contributed by atoms with Gasteiger partial charge in [0.25, 0.3) is 0 Å². The minimum atomic E-state index is -4.49. The van der Waals surface area contributed by atoms with Gasteiger partial charge in [0.1, 0.15) is 30.7 Å². The van der Waals surface area contributed by atoms with Crippen molar-refractivity contribution >= 4 is 14.0 Å². The second kappa shape index (κ2) is 5.91. The maximum absolute atomic E-state index is 11.7. The van der Waals surface area contributed by atoms with Gasteiger partial charge in [-0.25, -0.2) is 4.79 Å². The normalized spacial score (nSPS) is 29.8. The Hall–Kier alpha value is -1.17. The number of anilines is 1. The SMILES string of the molecule is Nc1ccn([C@@H]2O[C@H](CO[P+](O)(O)O)C(O)[C@@H]2O)c(=O)n1. The number of aliphatic hydroxyl groups is 2. The van der Waals surface area contributed by atoms with E-state index in [2.05, 4.69) is 9.51 Å². The highest BCUT2D eigenvalue weighted by Gasteiger charge is 2.46. The van der Waals surface area contributed by atoms with Crippen LogP contribution in [0.2, 0.25) is 0 Å². The van der Waals surface area contributed by atoms with Gasteiger partial charge in [0, 0.05) is 6.20 Å². The highest BCUT2D eigenvalue weighted by Crippen LogP contribution is 2.46. The van der Waals surface area contributed by atoms with Crippen LogP contribution in [0.15, 0.2) is 17.1 Å². The zero-order chi connectivity index (χ0) is 15.8. The van der Waals surface area contributed by atoms with Crippen LogP contribution in [0.4, 0.5) is 5.82 Å². The summed E-state index contributed by atoms with van der Waals surface area (Å²) in [6.07, 6.45) is -4.15. The van der Waals surface area contributed by atoms with Crippen molar-refractivity contribution in [2.24, 2.45) is 0 Å². The van der Waals surface area contributed by atoms with E-state index in [-0.39, 0.29) is 5.82 Å². The maximum atomic E-state index is 11.7. The molecular formula is C9H15N3O8P+. The van der Waals surface area contributed by atoms with Gasteiger partial charge in [-0.3, -0.25) is 4.57 Å². The molecule has 0 radical (unpaired) electrons. The first kappa shape index (κ1) is 16.2. The van der Waals surface area contributed by atoms with Crippen LogP contribution in [0.1, 0.15) is 6.23 Å². The first-order valence-corrected chi connectivity index (χ1v) is 7.33. The number of nitrogens with zero attached hydrogens (tertiary/aromatic N) is 2. The van der Waals surface area contributed by atoms with Crippen molar-refractivity contribution < 1.29 is 34.2 Å². The van der Waals surface area contributed by atoms with E-state index >= 15 is 0 Å². The van der Waals surface area contributed by atoms with E-state index in [1.165, 1.54) is 12.3 Å². The zero-order valence-corrected chi connectivity index (χ0v) is 11.4. The Bertz CT molecular complexity index is 561. The molecule has 0 bridgehead atoms. The smallest absolute Gasteiger partial charge is 0.387 e. The van der Waals surface area contributed by atoms with Crippen LogP contribution < -0.4 is 11.4 Å². The lowest BCUT2D eigenvalue weighted by atomic mass is 10.1. The number of aromatic nitrogens is 2. The molecule has 0 spiro atoms. The van der Waals surface area contributed by atoms with Gasteiger partial charge in [-0.05, 0) is 6.07 Å². The number of aliphatic hydroxyl groups excluding tert-OH is 2. The molecule has 1 aromatic rings. The molecule has 0 saturated carbocycles. The van der Waals surface area contributed by atoms with Crippen LogP contribution in [-0.4, -0.2) is 59.4 Å². The van der Waals surface area contributed by atoms with Crippen LogP contribution in [0.3, 0.4) is 0 Å². The highest BCUT2D eigenvalue weighted by atomic mass is 31.2. The molecule has 1 aliphatic heterocycles. The predicted molar refractivity (Wildman–Crippen MR) is 68.4 cm³/mol. The Morgan fingerprint density at radius 2 is 2.05 bits per heavy atom. The molecule has 0 amide bonds. The van der Waals surface area contributed by atoms with E-state index in [0.717, 1.165) is 4.57 Å². The van der Waals surface area contributed by atoms with Gasteiger partial charge < -0.3 is 20.7 Å². The number of ether oxygens (including phenoxy) is 1. The van der Waals surface area contributed by atoms with Gasteiger partial charge in [0.05, 0.1) is 0 Å². The average molecular weight is 324 g/mol. The molecular weight excluding hydrogens is 309 g/mol. The topological polar surface area (TPSA) is 181 Å². The fourth-order valence-corrected chi connectivity index (χ4v) is 2.24. The highest BCUT2D eigenvalue weighted by molar-refractivity contribution is 7.53. The number of nitrogen functional groups attached to an aromatic ring is 1. The van der Waals surface area contributed by atoms with Gasteiger partial charge in [0.2, 0.25) is 0 Å². The number of rotatable bonds is 4. The van der Waals surface area contributed by atoms with Gasteiger partial charge in [-0.1, -0.05) is 0 Å². The van der Waals surface area contributed by atoms with Crippen LogP contribution in [0.25, 0.3) is 0 Å². The van der Waals surface area contributed by atoms with E-state index in [0.29, 0.717) is 0 Å². The van der Waals surface area contributed by atoms with Crippen molar-refractivity contribution in [2.45, 2.75) is 24.5 Å². The van der Waals surface area contributed by atoms with Gasteiger partial charge in [-0.2, -0.15) is 24.2 Å². The molecule has 2 rings (SSSR count). The lowest BCUT2D eigenvalue weighted by molar-refractivity contribution is -0.0559. The molecule has 1 saturated heterocycles. The Kier molecular flexibility index (Phi) is 4.56. The van der Waals surface area contributed by atoms with E-state index in [9.17, 15) is 15.0 Å². The lowest BCUT2D eigenvalue weighted by Crippen LogP contribution is -2.36. The first-order valence-electron chi connectivity index (χ1n) is 5.77. The second-order valence-corrected chi connectivity index (χ2v) is 5.68. The molecule has 0 aliphatic carbocycles. The standard InChI is InChI=1S/C9H14N3O8P/c10-5-1-2-12(9(15)11-5)8-7(14)6(13)4(20-8)3-19-21(16,17)18/h1-2,4,6-8,13-14,16-18H,3H2,(H-,10,11,15)/p+1/t4-,6?,7+,8-/m1/s1. The summed E-state index contributed by atoms with van der Waals surface area (Å²) in [5, 5.41) is 19.7. The molecule has 1 aromatic heterocycles. The van der Waals surface area contributed by atoms with Crippen molar-refractivity contribution in [3.63, 3.8) is 0 Å². The Balaban J connectivity index is 2.14. The third kappa shape index (κ3) is 3.73. The van der Waals surface area contributed by atoms with Crippen molar-refractivity contribution in [1.82, 2.24) is 9.55 Å². The van der Waals surface area contributed by atoms with Gasteiger partial charge in [0.15, 0.2) is 6.23 Å². The summed E-state index contributed by atoms with van der Waals surface area (Å²) in [4.78, 5) is 41.2. The Labute approximate surface area is 118 Å². The van der Waals surface area contributed by atoms with Crippen molar-refractivity contribution in [3.05, 3.63) is 22.7 Å². The third-order valence-corrected chi connectivity index (χ3v) is 3.37. The van der Waals surface area contributed by atoms with Crippen LogP contribution in [-0.2, 0) is 9.26 Å².